The first-order valence-electron chi connectivity index (χ1n) is 12.8. The third-order valence-corrected chi connectivity index (χ3v) is 5.90. The van der Waals surface area contributed by atoms with Crippen molar-refractivity contribution in [3.63, 3.8) is 0 Å². The highest BCUT2D eigenvalue weighted by molar-refractivity contribution is 5.69. The molecule has 0 N–H and O–H groups in total. The van der Waals surface area contributed by atoms with E-state index in [0.29, 0.717) is 23.7 Å². The lowest BCUT2D eigenvalue weighted by Gasteiger charge is -2.12. The summed E-state index contributed by atoms with van der Waals surface area (Å²) in [7, 11) is 0. The number of benzene rings is 2. The molecular weight excluding hydrogens is 451 g/mol. The summed E-state index contributed by atoms with van der Waals surface area (Å²) in [5, 5.41) is 0. The summed E-state index contributed by atoms with van der Waals surface area (Å²) in [6.45, 7) is 9.21. The normalized spacial score (nSPS) is 12.1. The van der Waals surface area contributed by atoms with Gasteiger partial charge in [0.05, 0.1) is 18.5 Å². The van der Waals surface area contributed by atoms with E-state index >= 15 is 0 Å². The third-order valence-electron chi connectivity index (χ3n) is 5.90. The number of unbranched alkanes of at least 4 members (excludes halogenated alkanes) is 3. The molecular formula is C31H37FN2O2. The minimum Gasteiger partial charge on any atom is -0.486 e. The zero-order chi connectivity index (χ0) is 25.6. The predicted octanol–water partition coefficient (Wildman–Crippen LogP) is 8.29. The first kappa shape index (κ1) is 27.3. The van der Waals surface area contributed by atoms with Crippen LogP contribution >= 0.6 is 0 Å². The fourth-order valence-electron chi connectivity index (χ4n) is 3.80. The molecule has 3 aromatic rings. The maximum Gasteiger partial charge on any atom is 0.159 e. The van der Waals surface area contributed by atoms with E-state index in [2.05, 4.69) is 30.4 Å². The summed E-state index contributed by atoms with van der Waals surface area (Å²) in [4.78, 5) is 8.71. The SMILES string of the molecule is C=CCOc1cnc(-c2ccc(-c3ccc(C=CCCCC(C)OCCCCC)c(F)c3)cc2)nc1. The van der Waals surface area contributed by atoms with Gasteiger partial charge in [-0.15, -0.1) is 0 Å². The first-order valence-corrected chi connectivity index (χ1v) is 12.8. The maximum atomic E-state index is 14.7. The molecule has 0 radical (unpaired) electrons. The second-order valence-corrected chi connectivity index (χ2v) is 8.88. The van der Waals surface area contributed by atoms with Crippen molar-refractivity contribution in [1.82, 2.24) is 9.97 Å². The van der Waals surface area contributed by atoms with Crippen LogP contribution in [0.3, 0.4) is 0 Å². The van der Waals surface area contributed by atoms with Crippen LogP contribution in [0.2, 0.25) is 0 Å². The minimum atomic E-state index is -0.223. The summed E-state index contributed by atoms with van der Waals surface area (Å²) in [6.07, 6.45) is 15.7. The second kappa shape index (κ2) is 14.9. The number of rotatable bonds is 15. The van der Waals surface area contributed by atoms with Gasteiger partial charge in [0.25, 0.3) is 0 Å². The summed E-state index contributed by atoms with van der Waals surface area (Å²) in [5.74, 6) is 0.983. The van der Waals surface area contributed by atoms with Crippen LogP contribution in [0.25, 0.3) is 28.6 Å². The van der Waals surface area contributed by atoms with Crippen molar-refractivity contribution >= 4 is 6.08 Å². The van der Waals surface area contributed by atoms with Crippen molar-refractivity contribution in [1.29, 1.82) is 0 Å². The zero-order valence-electron chi connectivity index (χ0n) is 21.5. The highest BCUT2D eigenvalue weighted by atomic mass is 19.1. The summed E-state index contributed by atoms with van der Waals surface area (Å²) in [5.41, 5.74) is 3.26. The van der Waals surface area contributed by atoms with Crippen molar-refractivity contribution in [2.24, 2.45) is 0 Å². The van der Waals surface area contributed by atoms with Crippen LogP contribution in [0.5, 0.6) is 5.75 Å². The number of hydrogen-bond acceptors (Lipinski definition) is 4. The van der Waals surface area contributed by atoms with Crippen molar-refractivity contribution in [2.75, 3.05) is 13.2 Å². The molecule has 0 aliphatic heterocycles. The van der Waals surface area contributed by atoms with E-state index in [1.807, 2.05) is 48.6 Å². The van der Waals surface area contributed by atoms with Crippen molar-refractivity contribution in [3.8, 4) is 28.3 Å². The fraction of sp³-hybridized carbons (Fsp3) is 0.355. The molecule has 4 nitrogen and oxygen atoms in total. The fourth-order valence-corrected chi connectivity index (χ4v) is 3.80. The van der Waals surface area contributed by atoms with Gasteiger partial charge < -0.3 is 9.47 Å². The Labute approximate surface area is 214 Å². The lowest BCUT2D eigenvalue weighted by Crippen LogP contribution is -2.08. The van der Waals surface area contributed by atoms with Gasteiger partial charge in [-0.1, -0.05) is 81.0 Å². The highest BCUT2D eigenvalue weighted by Gasteiger charge is 2.06. The molecule has 1 unspecified atom stereocenters. The van der Waals surface area contributed by atoms with Gasteiger partial charge in [-0.25, -0.2) is 14.4 Å². The van der Waals surface area contributed by atoms with Crippen LogP contribution in [-0.4, -0.2) is 29.3 Å². The van der Waals surface area contributed by atoms with E-state index in [-0.39, 0.29) is 11.9 Å². The average Bonchev–Trinajstić information content (AvgIpc) is 2.91. The number of ether oxygens (including phenoxy) is 2. The minimum absolute atomic E-state index is 0.223. The number of halogens is 1. The van der Waals surface area contributed by atoms with Crippen LogP contribution in [0, 0.1) is 5.82 Å². The molecule has 1 aromatic heterocycles. The molecule has 0 aliphatic carbocycles. The van der Waals surface area contributed by atoms with Crippen LogP contribution < -0.4 is 4.74 Å². The predicted molar refractivity (Wildman–Crippen MR) is 146 cm³/mol. The van der Waals surface area contributed by atoms with Crippen molar-refractivity contribution < 1.29 is 13.9 Å². The van der Waals surface area contributed by atoms with Gasteiger partial charge in [-0.2, -0.15) is 0 Å². The third kappa shape index (κ3) is 8.72. The average molecular weight is 489 g/mol. The highest BCUT2D eigenvalue weighted by Crippen LogP contribution is 2.26. The molecule has 0 bridgehead atoms. The van der Waals surface area contributed by atoms with Gasteiger partial charge in [0.15, 0.2) is 11.6 Å². The largest absolute Gasteiger partial charge is 0.486 e. The van der Waals surface area contributed by atoms with Crippen molar-refractivity contribution in [2.45, 2.75) is 58.5 Å². The molecule has 5 heteroatoms. The van der Waals surface area contributed by atoms with Gasteiger partial charge in [0.2, 0.25) is 0 Å². The van der Waals surface area contributed by atoms with Crippen LogP contribution in [0.15, 0.2) is 73.6 Å². The van der Waals surface area contributed by atoms with E-state index in [1.165, 1.54) is 12.8 Å². The Morgan fingerprint density at radius 2 is 1.69 bits per heavy atom. The molecule has 190 valence electrons. The number of nitrogens with zero attached hydrogens (tertiary/aromatic N) is 2. The Balaban J connectivity index is 1.51. The Morgan fingerprint density at radius 3 is 2.39 bits per heavy atom. The van der Waals surface area contributed by atoms with Gasteiger partial charge in [-0.05, 0) is 49.8 Å². The molecule has 0 fully saturated rings. The summed E-state index contributed by atoms with van der Waals surface area (Å²) < 4.78 is 26.0. The van der Waals surface area contributed by atoms with Crippen LogP contribution in [0.1, 0.15) is 57.9 Å². The molecule has 0 amide bonds. The standard InChI is InChI=1S/C31H37FN2O2/c1-4-6-10-20-35-24(3)11-8-7-9-12-26-15-18-28(21-30(26)32)25-13-16-27(17-14-25)31-33-22-29(23-34-31)36-19-5-2/h5,9,12-18,21-24H,2,4,6-8,10-11,19-20H2,1,3H3. The summed E-state index contributed by atoms with van der Waals surface area (Å²) >= 11 is 0. The Morgan fingerprint density at radius 1 is 0.972 bits per heavy atom. The molecule has 0 spiro atoms. The van der Waals surface area contributed by atoms with Gasteiger partial charge in [0.1, 0.15) is 12.4 Å². The van der Waals surface area contributed by atoms with Gasteiger partial charge in [0, 0.05) is 17.7 Å². The van der Waals surface area contributed by atoms with Gasteiger partial charge >= 0.3 is 0 Å². The molecule has 36 heavy (non-hydrogen) atoms. The lowest BCUT2D eigenvalue weighted by atomic mass is 10.0. The molecule has 3 rings (SSSR count). The molecule has 0 aliphatic rings. The molecule has 0 saturated heterocycles. The second-order valence-electron chi connectivity index (χ2n) is 8.88. The Hall–Kier alpha value is -3.31. The van der Waals surface area contributed by atoms with E-state index in [0.717, 1.165) is 49.0 Å². The van der Waals surface area contributed by atoms with E-state index in [1.54, 1.807) is 24.5 Å². The monoisotopic (exact) mass is 488 g/mol. The lowest BCUT2D eigenvalue weighted by molar-refractivity contribution is 0.0566. The molecule has 1 heterocycles. The maximum absolute atomic E-state index is 14.7. The Bertz CT molecular complexity index is 1090. The van der Waals surface area contributed by atoms with E-state index in [9.17, 15) is 4.39 Å². The van der Waals surface area contributed by atoms with Crippen molar-refractivity contribution in [3.05, 3.63) is 85.0 Å². The molecule has 0 saturated carbocycles. The van der Waals surface area contributed by atoms with Crippen LogP contribution in [-0.2, 0) is 4.74 Å². The molecule has 1 atom stereocenters. The number of hydrogen-bond donors (Lipinski definition) is 0. The first-order chi connectivity index (χ1) is 17.6. The quantitative estimate of drug-likeness (QED) is 0.159. The van der Waals surface area contributed by atoms with Crippen LogP contribution in [0.4, 0.5) is 4.39 Å². The number of aromatic nitrogens is 2. The topological polar surface area (TPSA) is 44.2 Å². The van der Waals surface area contributed by atoms with E-state index < -0.39 is 0 Å². The summed E-state index contributed by atoms with van der Waals surface area (Å²) in [6, 6.07) is 13.2. The molecule has 2 aromatic carbocycles. The zero-order valence-corrected chi connectivity index (χ0v) is 21.5. The van der Waals surface area contributed by atoms with E-state index in [4.69, 9.17) is 9.47 Å². The Kier molecular flexibility index (Phi) is 11.3. The number of allylic oxidation sites excluding steroid dienone is 1. The smallest absolute Gasteiger partial charge is 0.159 e. The van der Waals surface area contributed by atoms with Gasteiger partial charge in [-0.3, -0.25) is 0 Å².